The molecule has 0 aromatic heterocycles. The zero-order valence-corrected chi connectivity index (χ0v) is 8.02. The predicted octanol–water partition coefficient (Wildman–Crippen LogP) is 1.77. The molecule has 0 spiro atoms. The van der Waals surface area contributed by atoms with Crippen molar-refractivity contribution in [2.75, 3.05) is 0 Å². The summed E-state index contributed by atoms with van der Waals surface area (Å²) in [6.07, 6.45) is 0.561. The van der Waals surface area contributed by atoms with E-state index < -0.39 is 12.0 Å². The predicted molar refractivity (Wildman–Crippen MR) is 41.4 cm³/mol. The number of carboxylic acids is 1. The molecule has 5 heteroatoms. The van der Waals surface area contributed by atoms with E-state index in [9.17, 15) is 4.79 Å². The van der Waals surface area contributed by atoms with Gasteiger partial charge in [-0.3, -0.25) is 4.79 Å². The van der Waals surface area contributed by atoms with Gasteiger partial charge in [-0.25, -0.2) is 0 Å². The Morgan fingerprint density at radius 3 is 2.22 bits per heavy atom. The minimum Gasteiger partial charge on any atom is -0.480 e. The van der Waals surface area contributed by atoms with E-state index in [0.29, 0.717) is 6.42 Å². The Kier molecular flexibility index (Phi) is 4.43. The van der Waals surface area contributed by atoms with E-state index in [-0.39, 0.29) is 0 Å². The maximum Gasteiger partial charge on any atom is 0.322 e. The summed E-state index contributed by atoms with van der Waals surface area (Å²) in [5.74, 6) is -0.841. The van der Waals surface area contributed by atoms with Gasteiger partial charge in [0.25, 0.3) is 0 Å². The normalized spacial score (nSPS) is 13.8. The van der Waals surface area contributed by atoms with E-state index in [2.05, 4.69) is 32.3 Å². The standard InChI is InChI=1S/C4H7Br2NO2/c1-2-3(4(8)9)7(5)6/h3H,2H2,1H3,(H,8,9). The fraction of sp³-hybridized carbons (Fsp3) is 0.750. The molecule has 1 atom stereocenters. The van der Waals surface area contributed by atoms with Crippen molar-refractivity contribution >= 4 is 38.3 Å². The van der Waals surface area contributed by atoms with Crippen LogP contribution in [0.1, 0.15) is 13.3 Å². The molecule has 0 aliphatic rings. The highest BCUT2D eigenvalue weighted by Gasteiger charge is 2.19. The third-order valence-corrected chi connectivity index (χ3v) is 1.90. The minimum atomic E-state index is -0.841. The number of hydrogen-bond acceptors (Lipinski definition) is 2. The number of rotatable bonds is 3. The van der Waals surface area contributed by atoms with Crippen LogP contribution >= 0.6 is 32.3 Å². The summed E-state index contributed by atoms with van der Waals surface area (Å²) >= 11 is 5.94. The van der Waals surface area contributed by atoms with Gasteiger partial charge >= 0.3 is 5.97 Å². The Morgan fingerprint density at radius 1 is 1.78 bits per heavy atom. The van der Waals surface area contributed by atoms with Crippen LogP contribution in [0.25, 0.3) is 0 Å². The molecule has 0 amide bonds. The summed E-state index contributed by atoms with van der Waals surface area (Å²) in [5, 5.41) is 8.44. The molecule has 1 N–H and O–H groups in total. The second-order valence-electron chi connectivity index (χ2n) is 1.52. The number of carbonyl (C=O) groups is 1. The summed E-state index contributed by atoms with van der Waals surface area (Å²) in [5.41, 5.74) is 0. The summed E-state index contributed by atoms with van der Waals surface area (Å²) in [4.78, 5) is 10.3. The van der Waals surface area contributed by atoms with E-state index in [1.807, 2.05) is 0 Å². The van der Waals surface area contributed by atoms with Crippen molar-refractivity contribution < 1.29 is 9.90 Å². The average molecular weight is 261 g/mol. The lowest BCUT2D eigenvalue weighted by Gasteiger charge is -2.12. The van der Waals surface area contributed by atoms with Crippen molar-refractivity contribution in [3.8, 4) is 0 Å². The fourth-order valence-corrected chi connectivity index (χ4v) is 1.33. The number of hydrogen-bond donors (Lipinski definition) is 1. The second-order valence-corrected chi connectivity index (χ2v) is 4.00. The van der Waals surface area contributed by atoms with Crippen molar-refractivity contribution in [3.63, 3.8) is 0 Å². The molecule has 0 aliphatic carbocycles. The Bertz CT molecular complexity index is 107. The molecule has 3 nitrogen and oxygen atoms in total. The van der Waals surface area contributed by atoms with Gasteiger partial charge < -0.3 is 5.11 Å². The molecule has 0 radical (unpaired) electrons. The van der Waals surface area contributed by atoms with Crippen molar-refractivity contribution in [1.29, 1.82) is 0 Å². The molecule has 1 unspecified atom stereocenters. The zero-order valence-electron chi connectivity index (χ0n) is 4.84. The molecule has 0 saturated carbocycles. The third kappa shape index (κ3) is 3.17. The van der Waals surface area contributed by atoms with Gasteiger partial charge in [0.2, 0.25) is 0 Å². The number of carboxylic acid groups (broad SMARTS) is 1. The average Bonchev–Trinajstić information content (AvgIpc) is 1.64. The molecular formula is C4H7Br2NO2. The van der Waals surface area contributed by atoms with Gasteiger partial charge in [0.15, 0.2) is 0 Å². The highest BCUT2D eigenvalue weighted by atomic mass is 79.9. The third-order valence-electron chi connectivity index (χ3n) is 0.907. The van der Waals surface area contributed by atoms with Gasteiger partial charge in [-0.15, -0.1) is 0 Å². The van der Waals surface area contributed by atoms with Crippen LogP contribution in [0.2, 0.25) is 0 Å². The van der Waals surface area contributed by atoms with E-state index in [4.69, 9.17) is 5.11 Å². The SMILES string of the molecule is CCC(C(=O)O)N(Br)Br. The van der Waals surface area contributed by atoms with Gasteiger partial charge in [-0.05, 0) is 6.42 Å². The number of aliphatic carboxylic acids is 1. The Balaban J connectivity index is 3.83. The lowest BCUT2D eigenvalue weighted by molar-refractivity contribution is -0.140. The van der Waals surface area contributed by atoms with Gasteiger partial charge in [0, 0.05) is 32.3 Å². The van der Waals surface area contributed by atoms with Crippen LogP contribution in [0.4, 0.5) is 0 Å². The molecule has 0 saturated heterocycles. The van der Waals surface area contributed by atoms with Crippen LogP contribution in [-0.2, 0) is 4.79 Å². The molecule has 0 aromatic carbocycles. The van der Waals surface area contributed by atoms with E-state index in [1.54, 1.807) is 6.92 Å². The number of nitrogens with zero attached hydrogens (tertiary/aromatic N) is 1. The quantitative estimate of drug-likeness (QED) is 0.787. The zero-order chi connectivity index (χ0) is 7.44. The molecule has 0 heterocycles. The minimum absolute atomic E-state index is 0.495. The van der Waals surface area contributed by atoms with Crippen LogP contribution in [-0.4, -0.2) is 20.1 Å². The van der Waals surface area contributed by atoms with Crippen LogP contribution < -0.4 is 0 Å². The first-order chi connectivity index (χ1) is 4.09. The number of halogens is 2. The molecular weight excluding hydrogens is 254 g/mol. The Hall–Kier alpha value is 0.390. The van der Waals surface area contributed by atoms with Crippen LogP contribution in [0.5, 0.6) is 0 Å². The van der Waals surface area contributed by atoms with Crippen LogP contribution in [0, 0.1) is 0 Å². The van der Waals surface area contributed by atoms with Gasteiger partial charge in [-0.2, -0.15) is 2.95 Å². The van der Waals surface area contributed by atoms with E-state index in [0.717, 1.165) is 0 Å². The maximum absolute atomic E-state index is 10.3. The summed E-state index contributed by atoms with van der Waals surface area (Å²) in [6, 6.07) is -0.495. The van der Waals surface area contributed by atoms with Gasteiger partial charge in [0.05, 0.1) is 0 Å². The molecule has 0 bridgehead atoms. The summed E-state index contributed by atoms with van der Waals surface area (Å²) in [6.45, 7) is 1.80. The molecule has 0 fully saturated rings. The van der Waals surface area contributed by atoms with Crippen LogP contribution in [0.3, 0.4) is 0 Å². The molecule has 0 aromatic rings. The monoisotopic (exact) mass is 259 g/mol. The Morgan fingerprint density at radius 2 is 2.22 bits per heavy atom. The summed E-state index contributed by atoms with van der Waals surface area (Å²) < 4.78 is 1.32. The van der Waals surface area contributed by atoms with E-state index in [1.165, 1.54) is 2.95 Å². The molecule has 9 heavy (non-hydrogen) atoms. The van der Waals surface area contributed by atoms with Gasteiger partial charge in [0.1, 0.15) is 6.04 Å². The van der Waals surface area contributed by atoms with Crippen molar-refractivity contribution in [3.05, 3.63) is 0 Å². The van der Waals surface area contributed by atoms with Gasteiger partial charge in [-0.1, -0.05) is 6.92 Å². The highest BCUT2D eigenvalue weighted by Crippen LogP contribution is 2.14. The van der Waals surface area contributed by atoms with Crippen molar-refractivity contribution in [2.24, 2.45) is 0 Å². The smallest absolute Gasteiger partial charge is 0.322 e. The summed E-state index contributed by atoms with van der Waals surface area (Å²) in [7, 11) is 0. The first-order valence-electron chi connectivity index (χ1n) is 2.43. The first kappa shape index (κ1) is 9.39. The highest BCUT2D eigenvalue weighted by molar-refractivity contribution is 9.21. The Labute approximate surface area is 70.7 Å². The fourth-order valence-electron chi connectivity index (χ4n) is 0.396. The van der Waals surface area contributed by atoms with E-state index >= 15 is 0 Å². The first-order valence-corrected chi connectivity index (χ1v) is 3.85. The molecule has 0 aliphatic heterocycles. The van der Waals surface area contributed by atoms with Crippen LogP contribution in [0.15, 0.2) is 0 Å². The van der Waals surface area contributed by atoms with Crippen molar-refractivity contribution in [1.82, 2.24) is 2.95 Å². The lowest BCUT2D eigenvalue weighted by Crippen LogP contribution is -2.27. The molecule has 54 valence electrons. The maximum atomic E-state index is 10.3. The topological polar surface area (TPSA) is 40.5 Å². The van der Waals surface area contributed by atoms with Crippen molar-refractivity contribution in [2.45, 2.75) is 19.4 Å². The molecule has 0 rings (SSSR count). The second kappa shape index (κ2) is 4.24. The lowest BCUT2D eigenvalue weighted by atomic mass is 10.2. The largest absolute Gasteiger partial charge is 0.480 e.